The van der Waals surface area contributed by atoms with Gasteiger partial charge in [0.25, 0.3) is 0 Å². The molecule has 1 heterocycles. The summed E-state index contributed by atoms with van der Waals surface area (Å²) in [5, 5.41) is 0.337. The molecule has 6 heteroatoms. The van der Waals surface area contributed by atoms with Gasteiger partial charge in [-0.25, -0.2) is 9.78 Å². The molecule has 17 heavy (non-hydrogen) atoms. The fraction of sp³-hybridized carbons (Fsp3) is 0.455. The van der Waals surface area contributed by atoms with E-state index in [1.807, 2.05) is 0 Å². The average molecular weight is 260 g/mol. The van der Waals surface area contributed by atoms with E-state index in [4.69, 9.17) is 25.8 Å². The van der Waals surface area contributed by atoms with Gasteiger partial charge in [0.2, 0.25) is 0 Å². The largest absolute Gasteiger partial charge is 0.460 e. The molecule has 0 unspecified atom stereocenters. The van der Waals surface area contributed by atoms with E-state index in [0.717, 1.165) is 0 Å². The lowest BCUT2D eigenvalue weighted by Gasteiger charge is -2.05. The second-order valence-electron chi connectivity index (χ2n) is 3.11. The lowest BCUT2D eigenvalue weighted by atomic mass is 10.3. The minimum Gasteiger partial charge on any atom is -0.460 e. The van der Waals surface area contributed by atoms with Crippen LogP contribution in [0.3, 0.4) is 0 Å². The van der Waals surface area contributed by atoms with Crippen molar-refractivity contribution in [3.8, 4) is 0 Å². The van der Waals surface area contributed by atoms with Crippen LogP contribution in [0, 0.1) is 0 Å². The van der Waals surface area contributed by atoms with Crippen molar-refractivity contribution in [1.29, 1.82) is 0 Å². The van der Waals surface area contributed by atoms with Gasteiger partial charge in [0, 0.05) is 13.3 Å². The normalized spacial score (nSPS) is 10.2. The molecule has 1 aromatic heterocycles. The zero-order valence-electron chi connectivity index (χ0n) is 9.52. The van der Waals surface area contributed by atoms with Gasteiger partial charge in [-0.05, 0) is 12.1 Å². The molecular formula is C11H14ClNO4. The molecule has 0 saturated carbocycles. The van der Waals surface area contributed by atoms with Crippen molar-refractivity contribution >= 4 is 17.6 Å². The number of nitrogens with zero attached hydrogens (tertiary/aromatic N) is 1. The van der Waals surface area contributed by atoms with E-state index < -0.39 is 5.97 Å². The van der Waals surface area contributed by atoms with Gasteiger partial charge in [-0.1, -0.05) is 11.6 Å². The molecule has 0 aliphatic heterocycles. The summed E-state index contributed by atoms with van der Waals surface area (Å²) in [6.45, 7) is 1.55. The van der Waals surface area contributed by atoms with Crippen molar-refractivity contribution in [1.82, 2.24) is 4.98 Å². The van der Waals surface area contributed by atoms with Crippen LogP contribution in [0.4, 0.5) is 0 Å². The van der Waals surface area contributed by atoms with Gasteiger partial charge in [-0.15, -0.1) is 0 Å². The fourth-order valence-corrected chi connectivity index (χ4v) is 1.13. The fourth-order valence-electron chi connectivity index (χ4n) is 1.02. The molecule has 1 aromatic rings. The first-order valence-electron chi connectivity index (χ1n) is 5.09. The Morgan fingerprint density at radius 3 is 2.71 bits per heavy atom. The molecule has 94 valence electrons. The first kappa shape index (κ1) is 13.9. The molecule has 0 radical (unpaired) electrons. The smallest absolute Gasteiger partial charge is 0.339 e. The van der Waals surface area contributed by atoms with Crippen LogP contribution in [0.25, 0.3) is 0 Å². The highest BCUT2D eigenvalue weighted by Gasteiger charge is 2.06. The van der Waals surface area contributed by atoms with Gasteiger partial charge in [0.15, 0.2) is 0 Å². The molecule has 0 aromatic carbocycles. The Hall–Kier alpha value is -1.17. The van der Waals surface area contributed by atoms with Crippen molar-refractivity contribution in [3.05, 3.63) is 29.0 Å². The number of hydrogen-bond donors (Lipinski definition) is 0. The number of halogens is 1. The first-order valence-corrected chi connectivity index (χ1v) is 5.47. The second kappa shape index (κ2) is 8.00. The number of rotatable bonds is 7. The Morgan fingerprint density at radius 1 is 1.29 bits per heavy atom. The summed E-state index contributed by atoms with van der Waals surface area (Å²) in [6.07, 6.45) is 1.37. The van der Waals surface area contributed by atoms with Crippen molar-refractivity contribution in [2.24, 2.45) is 0 Å². The van der Waals surface area contributed by atoms with Gasteiger partial charge in [0.1, 0.15) is 11.8 Å². The molecule has 1 rings (SSSR count). The highest BCUT2D eigenvalue weighted by Crippen LogP contribution is 2.06. The number of carbonyl (C=O) groups excluding carboxylic acids is 1. The SMILES string of the molecule is COCCOCCOC(=O)c1ccc(Cl)nc1. The Kier molecular flexibility index (Phi) is 6.54. The number of ether oxygens (including phenoxy) is 3. The predicted octanol–water partition coefficient (Wildman–Crippen LogP) is 1.55. The highest BCUT2D eigenvalue weighted by molar-refractivity contribution is 6.29. The van der Waals surface area contributed by atoms with E-state index in [2.05, 4.69) is 4.98 Å². The molecule has 5 nitrogen and oxygen atoms in total. The maximum atomic E-state index is 11.5. The minimum atomic E-state index is -0.440. The molecule has 0 bridgehead atoms. The zero-order valence-corrected chi connectivity index (χ0v) is 10.3. The van der Waals surface area contributed by atoms with Crippen molar-refractivity contribution < 1.29 is 19.0 Å². The number of pyridine rings is 1. The third kappa shape index (κ3) is 5.63. The molecule has 0 aliphatic rings. The summed E-state index contributed by atoms with van der Waals surface area (Å²) in [5.41, 5.74) is 0.367. The van der Waals surface area contributed by atoms with Crippen molar-refractivity contribution in [2.45, 2.75) is 0 Å². The second-order valence-corrected chi connectivity index (χ2v) is 3.50. The van der Waals surface area contributed by atoms with Gasteiger partial charge in [-0.3, -0.25) is 0 Å². The Morgan fingerprint density at radius 2 is 2.06 bits per heavy atom. The van der Waals surface area contributed by atoms with Crippen molar-refractivity contribution in [3.63, 3.8) is 0 Å². The van der Waals surface area contributed by atoms with E-state index >= 15 is 0 Å². The maximum absolute atomic E-state index is 11.5. The maximum Gasteiger partial charge on any atom is 0.339 e. The molecular weight excluding hydrogens is 246 g/mol. The van der Waals surface area contributed by atoms with E-state index in [1.54, 1.807) is 13.2 Å². The van der Waals surface area contributed by atoms with Crippen LogP contribution in [0.5, 0.6) is 0 Å². The monoisotopic (exact) mass is 259 g/mol. The topological polar surface area (TPSA) is 57.7 Å². The molecule has 0 aliphatic carbocycles. The lowest BCUT2D eigenvalue weighted by Crippen LogP contribution is -2.12. The predicted molar refractivity (Wildman–Crippen MR) is 62.2 cm³/mol. The number of aromatic nitrogens is 1. The summed E-state index contributed by atoms with van der Waals surface area (Å²) < 4.78 is 14.9. The van der Waals surface area contributed by atoms with Crippen LogP contribution in [-0.4, -0.2) is 44.5 Å². The Balaban J connectivity index is 2.19. The average Bonchev–Trinajstić information content (AvgIpc) is 2.34. The van der Waals surface area contributed by atoms with Gasteiger partial charge < -0.3 is 14.2 Å². The minimum absolute atomic E-state index is 0.200. The molecule has 0 saturated heterocycles. The summed E-state index contributed by atoms with van der Waals surface area (Å²) >= 11 is 5.60. The standard InChI is InChI=1S/C11H14ClNO4/c1-15-4-5-16-6-7-17-11(14)9-2-3-10(12)13-8-9/h2-3,8H,4-7H2,1H3. The van der Waals surface area contributed by atoms with Gasteiger partial charge in [-0.2, -0.15) is 0 Å². The highest BCUT2D eigenvalue weighted by atomic mass is 35.5. The molecule has 0 spiro atoms. The molecule has 0 fully saturated rings. The van der Waals surface area contributed by atoms with Gasteiger partial charge in [0.05, 0.1) is 25.4 Å². The van der Waals surface area contributed by atoms with Crippen LogP contribution in [0.1, 0.15) is 10.4 Å². The zero-order chi connectivity index (χ0) is 12.5. The summed E-state index contributed by atoms with van der Waals surface area (Å²) in [5.74, 6) is -0.440. The third-order valence-electron chi connectivity index (χ3n) is 1.86. The summed E-state index contributed by atoms with van der Waals surface area (Å²) in [4.78, 5) is 15.2. The Bertz CT molecular complexity index is 342. The van der Waals surface area contributed by atoms with Crippen LogP contribution >= 0.6 is 11.6 Å². The van der Waals surface area contributed by atoms with E-state index in [9.17, 15) is 4.79 Å². The van der Waals surface area contributed by atoms with Crippen LogP contribution < -0.4 is 0 Å². The summed E-state index contributed by atoms with van der Waals surface area (Å²) in [7, 11) is 1.59. The quantitative estimate of drug-likeness (QED) is 0.422. The van der Waals surface area contributed by atoms with E-state index in [-0.39, 0.29) is 6.61 Å². The van der Waals surface area contributed by atoms with E-state index in [0.29, 0.717) is 30.5 Å². The molecule has 0 N–H and O–H groups in total. The number of carbonyl (C=O) groups is 1. The lowest BCUT2D eigenvalue weighted by molar-refractivity contribution is 0.0213. The number of hydrogen-bond acceptors (Lipinski definition) is 5. The van der Waals surface area contributed by atoms with Crippen molar-refractivity contribution in [2.75, 3.05) is 33.5 Å². The van der Waals surface area contributed by atoms with Crippen LogP contribution in [0.2, 0.25) is 5.15 Å². The number of methoxy groups -OCH3 is 1. The van der Waals surface area contributed by atoms with E-state index in [1.165, 1.54) is 12.3 Å². The van der Waals surface area contributed by atoms with Gasteiger partial charge >= 0.3 is 5.97 Å². The molecule has 0 amide bonds. The third-order valence-corrected chi connectivity index (χ3v) is 2.08. The number of esters is 1. The van der Waals surface area contributed by atoms with Crippen LogP contribution in [-0.2, 0) is 14.2 Å². The summed E-state index contributed by atoms with van der Waals surface area (Å²) in [6, 6.07) is 3.09. The first-order chi connectivity index (χ1) is 8.24. The Labute approximate surface area is 105 Å². The van der Waals surface area contributed by atoms with Crippen LogP contribution in [0.15, 0.2) is 18.3 Å². The molecule has 0 atom stereocenters.